The lowest BCUT2D eigenvalue weighted by Crippen LogP contribution is -2.24. The molecule has 0 aliphatic heterocycles. The number of nitrogens with one attached hydrogen (secondary N) is 1. The number of benzene rings is 1. The molecule has 0 bridgehead atoms. The number of ether oxygens (including phenoxy) is 1. The monoisotopic (exact) mass is 272 g/mol. The molecule has 1 aromatic carbocycles. The van der Waals surface area contributed by atoms with Gasteiger partial charge in [0.1, 0.15) is 0 Å². The molecule has 0 fully saturated rings. The highest BCUT2D eigenvalue weighted by molar-refractivity contribution is 7.80. The molecule has 0 atom stereocenters. The van der Waals surface area contributed by atoms with Crippen LogP contribution in [0, 0.1) is 15.9 Å². The quantitative estimate of drug-likeness (QED) is 0.365. The lowest BCUT2D eigenvalue weighted by atomic mass is 10.2. The molecule has 0 radical (unpaired) electrons. The van der Waals surface area contributed by atoms with E-state index in [0.717, 1.165) is 25.5 Å². The van der Waals surface area contributed by atoms with Gasteiger partial charge in [-0.05, 0) is 18.3 Å². The largest absolute Gasteiger partial charge is 0.488 e. The standard InChI is InChI=1S/C9H9FN4O3S/c1-17-8-6(10)2-5(3-7(8)14(15)16)4-12-13-9(11)18/h2-4H,1H3,(H3,11,13,18). The molecule has 0 amide bonds. The number of rotatable bonds is 4. The lowest BCUT2D eigenvalue weighted by Gasteiger charge is -2.04. The fraction of sp³-hybridized carbons (Fsp3) is 0.111. The summed E-state index contributed by atoms with van der Waals surface area (Å²) >= 11 is 4.49. The van der Waals surface area contributed by atoms with Crippen molar-refractivity contribution in [2.45, 2.75) is 0 Å². The van der Waals surface area contributed by atoms with Crippen molar-refractivity contribution in [3.8, 4) is 5.75 Å². The first-order valence-corrected chi connectivity index (χ1v) is 4.97. The van der Waals surface area contributed by atoms with Gasteiger partial charge < -0.3 is 10.5 Å². The molecule has 0 spiro atoms. The van der Waals surface area contributed by atoms with E-state index < -0.39 is 22.2 Å². The molecule has 1 rings (SSSR count). The number of hydrazone groups is 1. The van der Waals surface area contributed by atoms with E-state index in [2.05, 4.69) is 27.5 Å². The Hall–Kier alpha value is -2.29. The van der Waals surface area contributed by atoms with Gasteiger partial charge in [-0.15, -0.1) is 0 Å². The molecule has 7 nitrogen and oxygen atoms in total. The average molecular weight is 272 g/mol. The van der Waals surface area contributed by atoms with E-state index in [1.54, 1.807) is 0 Å². The Morgan fingerprint density at radius 3 is 2.89 bits per heavy atom. The maximum absolute atomic E-state index is 13.5. The smallest absolute Gasteiger partial charge is 0.314 e. The van der Waals surface area contributed by atoms with Gasteiger partial charge in [0.25, 0.3) is 0 Å². The molecule has 0 heterocycles. The van der Waals surface area contributed by atoms with Crippen LogP contribution in [0.15, 0.2) is 17.2 Å². The van der Waals surface area contributed by atoms with Gasteiger partial charge in [0, 0.05) is 11.6 Å². The summed E-state index contributed by atoms with van der Waals surface area (Å²) < 4.78 is 18.1. The van der Waals surface area contributed by atoms with E-state index in [4.69, 9.17) is 5.73 Å². The zero-order valence-corrected chi connectivity index (χ0v) is 10.0. The first-order valence-electron chi connectivity index (χ1n) is 4.56. The molecule has 0 aromatic heterocycles. The average Bonchev–Trinajstić information content (AvgIpc) is 2.27. The van der Waals surface area contributed by atoms with E-state index >= 15 is 0 Å². The Bertz CT molecular complexity index is 521. The predicted molar refractivity (Wildman–Crippen MR) is 67.1 cm³/mol. The van der Waals surface area contributed by atoms with Crippen LogP contribution in [0.3, 0.4) is 0 Å². The van der Waals surface area contributed by atoms with E-state index in [9.17, 15) is 14.5 Å². The van der Waals surface area contributed by atoms with Crippen molar-refractivity contribution in [2.75, 3.05) is 7.11 Å². The Labute approximate surface area is 107 Å². The third-order valence-electron chi connectivity index (χ3n) is 1.84. The third-order valence-corrected chi connectivity index (χ3v) is 1.93. The number of nitro groups is 1. The Kier molecular flexibility index (Phi) is 4.49. The van der Waals surface area contributed by atoms with E-state index in [1.807, 2.05) is 0 Å². The molecule has 0 aliphatic carbocycles. The summed E-state index contributed by atoms with van der Waals surface area (Å²) in [5.74, 6) is -1.29. The zero-order valence-electron chi connectivity index (χ0n) is 9.21. The molecular weight excluding hydrogens is 263 g/mol. The second kappa shape index (κ2) is 5.87. The molecule has 96 valence electrons. The summed E-state index contributed by atoms with van der Waals surface area (Å²) in [5.41, 5.74) is 7.04. The minimum atomic E-state index is -0.858. The first kappa shape index (κ1) is 13.8. The third kappa shape index (κ3) is 3.35. The molecule has 3 N–H and O–H groups in total. The second-order valence-electron chi connectivity index (χ2n) is 3.05. The molecule has 18 heavy (non-hydrogen) atoms. The van der Waals surface area contributed by atoms with E-state index in [-0.39, 0.29) is 10.7 Å². The van der Waals surface area contributed by atoms with E-state index in [0.29, 0.717) is 0 Å². The number of hydrogen-bond acceptors (Lipinski definition) is 5. The van der Waals surface area contributed by atoms with E-state index in [1.165, 1.54) is 0 Å². The Morgan fingerprint density at radius 1 is 1.72 bits per heavy atom. The van der Waals surface area contributed by atoms with Crippen LogP contribution in [0.5, 0.6) is 5.75 Å². The Morgan fingerprint density at radius 2 is 2.39 bits per heavy atom. The van der Waals surface area contributed by atoms with Gasteiger partial charge in [-0.1, -0.05) is 0 Å². The van der Waals surface area contributed by atoms with Crippen molar-refractivity contribution in [2.24, 2.45) is 10.8 Å². The van der Waals surface area contributed by atoms with Gasteiger partial charge in [-0.25, -0.2) is 4.39 Å². The van der Waals surface area contributed by atoms with Gasteiger partial charge in [0.05, 0.1) is 18.2 Å². The molecule has 9 heteroatoms. The van der Waals surface area contributed by atoms with Crippen molar-refractivity contribution in [1.82, 2.24) is 5.43 Å². The van der Waals surface area contributed by atoms with Gasteiger partial charge in [0.2, 0.25) is 5.75 Å². The number of nitro benzene ring substituents is 1. The van der Waals surface area contributed by atoms with Crippen molar-refractivity contribution >= 4 is 29.2 Å². The summed E-state index contributed by atoms with van der Waals surface area (Å²) in [5, 5.41) is 14.2. The molecule has 1 aromatic rings. The minimum Gasteiger partial charge on any atom is -0.488 e. The second-order valence-corrected chi connectivity index (χ2v) is 3.49. The van der Waals surface area contributed by atoms with Crippen LogP contribution in [0.25, 0.3) is 0 Å². The SMILES string of the molecule is COc1c(F)cc(C=NNC(N)=S)cc1[N+](=O)[O-]. The first-order chi connectivity index (χ1) is 8.45. The van der Waals surface area contributed by atoms with Gasteiger partial charge >= 0.3 is 5.69 Å². The number of halogens is 1. The summed E-state index contributed by atoms with van der Waals surface area (Å²) in [6, 6.07) is 2.16. The minimum absolute atomic E-state index is 0.0743. The van der Waals surface area contributed by atoms with Crippen LogP contribution in [0.1, 0.15) is 5.56 Å². The van der Waals surface area contributed by atoms with Crippen molar-refractivity contribution < 1.29 is 14.1 Å². The van der Waals surface area contributed by atoms with Crippen molar-refractivity contribution in [3.63, 3.8) is 0 Å². The lowest BCUT2D eigenvalue weighted by molar-refractivity contribution is -0.386. The van der Waals surface area contributed by atoms with Crippen LogP contribution in [0.4, 0.5) is 10.1 Å². The number of nitrogens with zero attached hydrogens (tertiary/aromatic N) is 2. The van der Waals surface area contributed by atoms with Crippen molar-refractivity contribution in [3.05, 3.63) is 33.6 Å². The number of methoxy groups -OCH3 is 1. The highest BCUT2D eigenvalue weighted by Crippen LogP contribution is 2.30. The number of hydrogen-bond donors (Lipinski definition) is 2. The predicted octanol–water partition coefficient (Wildman–Crippen LogP) is 0.910. The van der Waals surface area contributed by atoms with Crippen LogP contribution in [-0.2, 0) is 0 Å². The molecule has 0 aliphatic rings. The van der Waals surface area contributed by atoms with Gasteiger partial charge in [-0.2, -0.15) is 5.10 Å². The van der Waals surface area contributed by atoms with Crippen molar-refractivity contribution in [1.29, 1.82) is 0 Å². The molecule has 0 unspecified atom stereocenters. The maximum Gasteiger partial charge on any atom is 0.314 e. The fourth-order valence-corrected chi connectivity index (χ4v) is 1.23. The molecule has 0 saturated heterocycles. The fourth-order valence-electron chi connectivity index (χ4n) is 1.18. The number of thiocarbonyl (C=S) groups is 1. The zero-order chi connectivity index (χ0) is 13.7. The molecular formula is C9H9FN4O3S. The maximum atomic E-state index is 13.5. The van der Waals surface area contributed by atoms with Crippen LogP contribution in [0.2, 0.25) is 0 Å². The van der Waals surface area contributed by atoms with Crippen LogP contribution in [-0.4, -0.2) is 23.4 Å². The topological polar surface area (TPSA) is 103 Å². The normalized spacial score (nSPS) is 10.3. The van der Waals surface area contributed by atoms with Gasteiger partial charge in [-0.3, -0.25) is 15.5 Å². The summed E-state index contributed by atoms with van der Waals surface area (Å²) in [6.45, 7) is 0. The highest BCUT2D eigenvalue weighted by atomic mass is 32.1. The number of nitrogens with two attached hydrogens (primary N) is 1. The summed E-state index contributed by atoms with van der Waals surface area (Å²) in [6.07, 6.45) is 1.15. The highest BCUT2D eigenvalue weighted by Gasteiger charge is 2.20. The molecule has 0 saturated carbocycles. The summed E-state index contributed by atoms with van der Waals surface area (Å²) in [4.78, 5) is 9.98. The van der Waals surface area contributed by atoms with Gasteiger partial charge in [0.15, 0.2) is 10.9 Å². The van der Waals surface area contributed by atoms with Crippen LogP contribution < -0.4 is 15.9 Å². The summed E-state index contributed by atoms with van der Waals surface area (Å²) in [7, 11) is 1.15. The van der Waals surface area contributed by atoms with Crippen LogP contribution >= 0.6 is 12.2 Å². The Balaban J connectivity index is 3.13.